The minimum absolute atomic E-state index is 0.393. The summed E-state index contributed by atoms with van der Waals surface area (Å²) in [6, 6.07) is 6.86. The number of phenolic OH excluding ortho intramolecular Hbond substituents is 1. The number of hydrogen-bond acceptors (Lipinski definition) is 3. The number of aromatic hydroxyl groups is 1. The summed E-state index contributed by atoms with van der Waals surface area (Å²) in [5.74, 6) is 0.393. The highest BCUT2D eigenvalue weighted by molar-refractivity contribution is 5.38. The van der Waals surface area contributed by atoms with Crippen LogP contribution >= 0.6 is 0 Å². The van der Waals surface area contributed by atoms with Gasteiger partial charge in [0.15, 0.2) is 0 Å². The van der Waals surface area contributed by atoms with Crippen LogP contribution in [0.5, 0.6) is 5.75 Å². The molecule has 2 atom stereocenters. The summed E-state index contributed by atoms with van der Waals surface area (Å²) in [6.07, 6.45) is 3.53. The van der Waals surface area contributed by atoms with Crippen molar-refractivity contribution in [1.82, 2.24) is 4.90 Å². The molecule has 0 bridgehead atoms. The van der Waals surface area contributed by atoms with Crippen molar-refractivity contribution in [2.45, 2.75) is 38.3 Å². The Morgan fingerprint density at radius 3 is 3.11 bits per heavy atom. The van der Waals surface area contributed by atoms with Gasteiger partial charge in [-0.3, -0.25) is 4.90 Å². The molecule has 2 unspecified atom stereocenters. The van der Waals surface area contributed by atoms with Crippen LogP contribution in [0.15, 0.2) is 18.2 Å². The van der Waals surface area contributed by atoms with E-state index in [0.29, 0.717) is 17.8 Å². The summed E-state index contributed by atoms with van der Waals surface area (Å²) >= 11 is 0. The zero-order valence-electron chi connectivity index (χ0n) is 10.9. The summed E-state index contributed by atoms with van der Waals surface area (Å²) in [5.41, 5.74) is 2.73. The zero-order chi connectivity index (χ0) is 12.5. The Kier molecular flexibility index (Phi) is 3.27. The van der Waals surface area contributed by atoms with Crippen LogP contribution in [0.3, 0.4) is 0 Å². The van der Waals surface area contributed by atoms with Crippen molar-refractivity contribution in [3.05, 3.63) is 29.3 Å². The molecule has 1 aromatic carbocycles. The van der Waals surface area contributed by atoms with E-state index in [0.717, 1.165) is 26.2 Å². The van der Waals surface area contributed by atoms with Crippen LogP contribution in [0, 0.1) is 0 Å². The SMILES string of the molecule is CC1COCCN1C1CCCc2cc(O)ccc21. The van der Waals surface area contributed by atoms with E-state index in [1.807, 2.05) is 12.1 Å². The van der Waals surface area contributed by atoms with E-state index in [1.165, 1.54) is 24.0 Å². The van der Waals surface area contributed by atoms with Crippen LogP contribution in [0.1, 0.15) is 36.9 Å². The lowest BCUT2D eigenvalue weighted by atomic mass is 9.86. The minimum Gasteiger partial charge on any atom is -0.508 e. The Morgan fingerprint density at radius 1 is 1.39 bits per heavy atom. The molecule has 3 nitrogen and oxygen atoms in total. The molecule has 0 amide bonds. The van der Waals surface area contributed by atoms with Gasteiger partial charge in [-0.05, 0) is 49.4 Å². The predicted octanol–water partition coefficient (Wildman–Crippen LogP) is 2.49. The molecule has 2 aliphatic rings. The van der Waals surface area contributed by atoms with Gasteiger partial charge < -0.3 is 9.84 Å². The second-order valence-electron chi connectivity index (χ2n) is 5.45. The van der Waals surface area contributed by atoms with Crippen LogP contribution in [-0.4, -0.2) is 35.8 Å². The molecule has 3 heteroatoms. The first-order chi connectivity index (χ1) is 8.75. The van der Waals surface area contributed by atoms with E-state index >= 15 is 0 Å². The number of ether oxygens (including phenoxy) is 1. The van der Waals surface area contributed by atoms with Gasteiger partial charge in [0, 0.05) is 18.6 Å². The molecule has 1 N–H and O–H groups in total. The molecule has 1 aliphatic heterocycles. The van der Waals surface area contributed by atoms with Gasteiger partial charge in [0.1, 0.15) is 5.75 Å². The van der Waals surface area contributed by atoms with Gasteiger partial charge in [0.2, 0.25) is 0 Å². The Hall–Kier alpha value is -1.06. The summed E-state index contributed by atoms with van der Waals surface area (Å²) in [4.78, 5) is 2.57. The van der Waals surface area contributed by atoms with E-state index < -0.39 is 0 Å². The molecule has 1 saturated heterocycles. The Labute approximate surface area is 108 Å². The van der Waals surface area contributed by atoms with Gasteiger partial charge >= 0.3 is 0 Å². The van der Waals surface area contributed by atoms with Crippen molar-refractivity contribution in [2.24, 2.45) is 0 Å². The third-order valence-corrected chi connectivity index (χ3v) is 4.23. The number of hydrogen-bond donors (Lipinski definition) is 1. The summed E-state index contributed by atoms with van der Waals surface area (Å²) in [5, 5.41) is 9.60. The smallest absolute Gasteiger partial charge is 0.115 e. The topological polar surface area (TPSA) is 32.7 Å². The maximum Gasteiger partial charge on any atom is 0.115 e. The lowest BCUT2D eigenvalue weighted by Crippen LogP contribution is -2.46. The minimum atomic E-state index is 0.393. The monoisotopic (exact) mass is 247 g/mol. The number of phenols is 1. The van der Waals surface area contributed by atoms with Gasteiger partial charge in [-0.2, -0.15) is 0 Å². The highest BCUT2D eigenvalue weighted by Gasteiger charge is 2.30. The standard InChI is InChI=1S/C15H21NO2/c1-11-10-18-8-7-16(11)15-4-2-3-12-9-13(17)5-6-14(12)15/h5-6,9,11,15,17H,2-4,7-8,10H2,1H3. The zero-order valence-corrected chi connectivity index (χ0v) is 10.9. The van der Waals surface area contributed by atoms with Gasteiger partial charge in [-0.25, -0.2) is 0 Å². The van der Waals surface area contributed by atoms with Gasteiger partial charge in [-0.15, -0.1) is 0 Å². The van der Waals surface area contributed by atoms with Gasteiger partial charge in [-0.1, -0.05) is 6.07 Å². The molecule has 0 aromatic heterocycles. The van der Waals surface area contributed by atoms with E-state index in [2.05, 4.69) is 17.9 Å². The summed E-state index contributed by atoms with van der Waals surface area (Å²) in [7, 11) is 0. The first kappa shape index (κ1) is 12.0. The normalized spacial score (nSPS) is 28.9. The van der Waals surface area contributed by atoms with Crippen LogP contribution in [0.2, 0.25) is 0 Å². The number of aryl methyl sites for hydroxylation is 1. The third-order valence-electron chi connectivity index (χ3n) is 4.23. The van der Waals surface area contributed by atoms with Crippen molar-refractivity contribution in [3.8, 4) is 5.75 Å². The van der Waals surface area contributed by atoms with Crippen molar-refractivity contribution in [1.29, 1.82) is 0 Å². The van der Waals surface area contributed by atoms with Gasteiger partial charge in [0.25, 0.3) is 0 Å². The highest BCUT2D eigenvalue weighted by atomic mass is 16.5. The molecular weight excluding hydrogens is 226 g/mol. The van der Waals surface area contributed by atoms with Crippen molar-refractivity contribution in [3.63, 3.8) is 0 Å². The largest absolute Gasteiger partial charge is 0.508 e. The fraction of sp³-hybridized carbons (Fsp3) is 0.600. The van der Waals surface area contributed by atoms with E-state index in [1.54, 1.807) is 0 Å². The first-order valence-corrected chi connectivity index (χ1v) is 6.91. The average molecular weight is 247 g/mol. The Balaban J connectivity index is 1.90. The fourth-order valence-corrected chi connectivity index (χ4v) is 3.32. The van der Waals surface area contributed by atoms with E-state index in [-0.39, 0.29) is 0 Å². The Bertz CT molecular complexity index is 433. The molecule has 1 aromatic rings. The van der Waals surface area contributed by atoms with Crippen molar-refractivity contribution >= 4 is 0 Å². The number of benzene rings is 1. The first-order valence-electron chi connectivity index (χ1n) is 6.91. The highest BCUT2D eigenvalue weighted by Crippen LogP contribution is 2.37. The maximum atomic E-state index is 9.60. The number of fused-ring (bicyclic) bond motifs is 1. The van der Waals surface area contributed by atoms with Crippen molar-refractivity contribution < 1.29 is 9.84 Å². The van der Waals surface area contributed by atoms with E-state index in [9.17, 15) is 5.11 Å². The molecule has 0 spiro atoms. The van der Waals surface area contributed by atoms with Gasteiger partial charge in [0.05, 0.1) is 13.2 Å². The molecule has 3 rings (SSSR count). The van der Waals surface area contributed by atoms with Crippen LogP contribution < -0.4 is 0 Å². The summed E-state index contributed by atoms with van der Waals surface area (Å²) in [6.45, 7) is 4.94. The van der Waals surface area contributed by atoms with Crippen molar-refractivity contribution in [2.75, 3.05) is 19.8 Å². The van der Waals surface area contributed by atoms with Crippen LogP contribution in [0.4, 0.5) is 0 Å². The number of rotatable bonds is 1. The lowest BCUT2D eigenvalue weighted by molar-refractivity contribution is -0.0261. The molecule has 1 aliphatic carbocycles. The second-order valence-corrected chi connectivity index (χ2v) is 5.45. The third kappa shape index (κ3) is 2.13. The van der Waals surface area contributed by atoms with Crippen LogP contribution in [0.25, 0.3) is 0 Å². The average Bonchev–Trinajstić information content (AvgIpc) is 2.38. The second kappa shape index (κ2) is 4.90. The molecule has 1 heterocycles. The molecule has 98 valence electrons. The molecule has 1 fully saturated rings. The van der Waals surface area contributed by atoms with Crippen LogP contribution in [-0.2, 0) is 11.2 Å². The maximum absolute atomic E-state index is 9.60. The quantitative estimate of drug-likeness (QED) is 0.827. The summed E-state index contributed by atoms with van der Waals surface area (Å²) < 4.78 is 5.53. The van der Waals surface area contributed by atoms with E-state index in [4.69, 9.17) is 4.74 Å². The molecule has 0 saturated carbocycles. The molecular formula is C15H21NO2. The predicted molar refractivity (Wildman–Crippen MR) is 70.8 cm³/mol. The molecule has 0 radical (unpaired) electrons. The lowest BCUT2D eigenvalue weighted by Gasteiger charge is -2.42. The number of nitrogens with zero attached hydrogens (tertiary/aromatic N) is 1. The molecule has 18 heavy (non-hydrogen) atoms. The number of morpholine rings is 1. The Morgan fingerprint density at radius 2 is 2.28 bits per heavy atom. The fourth-order valence-electron chi connectivity index (χ4n) is 3.32.